The van der Waals surface area contributed by atoms with Crippen LogP contribution < -0.4 is 18.9 Å². The number of carbonyl (C=O) groups is 1. The number of nitrogens with zero attached hydrogens (tertiary/aromatic N) is 2. The van der Waals surface area contributed by atoms with Gasteiger partial charge < -0.3 is 23.8 Å². The fourth-order valence-electron chi connectivity index (χ4n) is 3.00. The van der Waals surface area contributed by atoms with E-state index in [2.05, 4.69) is 0 Å². The first kappa shape index (κ1) is 22.8. The second-order valence-corrected chi connectivity index (χ2v) is 6.22. The first-order chi connectivity index (χ1) is 14.4. The number of ether oxygens (including phenoxy) is 4. The lowest BCUT2D eigenvalue weighted by Gasteiger charge is -2.22. The lowest BCUT2D eigenvalue weighted by molar-refractivity contribution is -0.385. The van der Waals surface area contributed by atoms with Crippen LogP contribution in [0.4, 0.5) is 5.69 Å². The van der Waals surface area contributed by atoms with Gasteiger partial charge in [-0.15, -0.1) is 0 Å². The third kappa shape index (κ3) is 4.91. The molecule has 0 aromatic heterocycles. The van der Waals surface area contributed by atoms with E-state index in [1.807, 2.05) is 6.07 Å². The van der Waals surface area contributed by atoms with Gasteiger partial charge in [-0.05, 0) is 31.5 Å². The molecule has 2 aromatic carbocycles. The van der Waals surface area contributed by atoms with Gasteiger partial charge in [-0.1, -0.05) is 6.07 Å². The third-order valence-electron chi connectivity index (χ3n) is 4.50. The Morgan fingerprint density at radius 1 is 0.967 bits per heavy atom. The molecule has 162 valence electrons. The predicted octanol–water partition coefficient (Wildman–Crippen LogP) is 3.68. The Kier molecular flexibility index (Phi) is 7.85. The van der Waals surface area contributed by atoms with Gasteiger partial charge in [0.25, 0.3) is 11.6 Å². The average molecular weight is 418 g/mol. The van der Waals surface area contributed by atoms with Crippen LogP contribution in [-0.4, -0.2) is 50.2 Å². The largest absolute Gasteiger partial charge is 0.493 e. The highest BCUT2D eigenvalue weighted by Gasteiger charge is 2.28. The molecule has 9 nitrogen and oxygen atoms in total. The Hall–Kier alpha value is -3.49. The highest BCUT2D eigenvalue weighted by molar-refractivity contribution is 5.99. The van der Waals surface area contributed by atoms with Gasteiger partial charge in [0, 0.05) is 19.2 Å². The minimum atomic E-state index is -0.598. The minimum absolute atomic E-state index is 0.0670. The molecule has 1 amide bonds. The van der Waals surface area contributed by atoms with Gasteiger partial charge in [-0.2, -0.15) is 0 Å². The number of rotatable bonds is 10. The number of hydrogen-bond donors (Lipinski definition) is 0. The molecule has 0 fully saturated rings. The lowest BCUT2D eigenvalue weighted by atomic mass is 10.1. The van der Waals surface area contributed by atoms with Crippen molar-refractivity contribution < 1.29 is 28.7 Å². The Balaban J connectivity index is 2.42. The molecular formula is C21H26N2O7. The molecule has 0 saturated carbocycles. The summed E-state index contributed by atoms with van der Waals surface area (Å²) in [7, 11) is 4.48. The van der Waals surface area contributed by atoms with Crippen molar-refractivity contribution in [3.05, 3.63) is 51.6 Å². The van der Waals surface area contributed by atoms with Crippen molar-refractivity contribution in [3.8, 4) is 23.0 Å². The number of hydrogen-bond acceptors (Lipinski definition) is 7. The molecule has 30 heavy (non-hydrogen) atoms. The molecule has 0 saturated heterocycles. The molecule has 2 rings (SSSR count). The normalized spacial score (nSPS) is 10.3. The summed E-state index contributed by atoms with van der Waals surface area (Å²) >= 11 is 0. The average Bonchev–Trinajstić information content (AvgIpc) is 2.76. The van der Waals surface area contributed by atoms with Crippen LogP contribution in [0.3, 0.4) is 0 Å². The maximum Gasteiger partial charge on any atom is 0.286 e. The van der Waals surface area contributed by atoms with Crippen molar-refractivity contribution in [1.29, 1.82) is 0 Å². The highest BCUT2D eigenvalue weighted by Crippen LogP contribution is 2.36. The van der Waals surface area contributed by atoms with Crippen molar-refractivity contribution >= 4 is 11.6 Å². The SMILES string of the molecule is CCOc1cc([N+](=O)[O-])c(C(=O)N(CC)Cc2ccc(OC)c(OC)c2)cc1OC. The van der Waals surface area contributed by atoms with E-state index in [9.17, 15) is 14.9 Å². The van der Waals surface area contributed by atoms with E-state index in [-0.39, 0.29) is 29.3 Å². The van der Waals surface area contributed by atoms with Crippen LogP contribution in [0.5, 0.6) is 23.0 Å². The van der Waals surface area contributed by atoms with E-state index in [0.29, 0.717) is 24.7 Å². The number of benzene rings is 2. The van der Waals surface area contributed by atoms with Gasteiger partial charge in [0.2, 0.25) is 0 Å². The molecule has 0 unspecified atom stereocenters. The predicted molar refractivity (Wildman–Crippen MR) is 111 cm³/mol. The van der Waals surface area contributed by atoms with Gasteiger partial charge in [0.05, 0.1) is 38.9 Å². The molecule has 0 aliphatic rings. The van der Waals surface area contributed by atoms with Crippen LogP contribution in [0.15, 0.2) is 30.3 Å². The Morgan fingerprint density at radius 2 is 1.60 bits per heavy atom. The van der Waals surface area contributed by atoms with Gasteiger partial charge in [0.15, 0.2) is 23.0 Å². The van der Waals surface area contributed by atoms with E-state index in [1.165, 1.54) is 38.4 Å². The maximum absolute atomic E-state index is 13.2. The van der Waals surface area contributed by atoms with Crippen LogP contribution >= 0.6 is 0 Å². The minimum Gasteiger partial charge on any atom is -0.493 e. The summed E-state index contributed by atoms with van der Waals surface area (Å²) in [6.45, 7) is 4.45. The standard InChI is InChI=1S/C21H26N2O7/c1-6-22(13-14-8-9-17(27-3)18(10-14)28-4)21(24)15-11-19(29-5)20(30-7-2)12-16(15)23(25)26/h8-12H,6-7,13H2,1-5H3. The van der Waals surface area contributed by atoms with Gasteiger partial charge in [-0.25, -0.2) is 0 Å². The smallest absolute Gasteiger partial charge is 0.286 e. The van der Waals surface area contributed by atoms with Crippen LogP contribution in [0.1, 0.15) is 29.8 Å². The van der Waals surface area contributed by atoms with Crippen molar-refractivity contribution in [2.45, 2.75) is 20.4 Å². The monoisotopic (exact) mass is 418 g/mol. The molecule has 0 aliphatic heterocycles. The van der Waals surface area contributed by atoms with Gasteiger partial charge in [-0.3, -0.25) is 14.9 Å². The van der Waals surface area contributed by atoms with Gasteiger partial charge in [0.1, 0.15) is 5.56 Å². The second kappa shape index (κ2) is 10.3. The quantitative estimate of drug-likeness (QED) is 0.428. The molecule has 0 spiro atoms. The van der Waals surface area contributed by atoms with Crippen LogP contribution in [0, 0.1) is 10.1 Å². The van der Waals surface area contributed by atoms with Crippen molar-refractivity contribution in [2.24, 2.45) is 0 Å². The summed E-state index contributed by atoms with van der Waals surface area (Å²) in [6.07, 6.45) is 0. The van der Waals surface area contributed by atoms with E-state index in [1.54, 1.807) is 26.0 Å². The number of amides is 1. The molecule has 0 heterocycles. The number of nitro groups is 1. The molecule has 2 aromatic rings. The van der Waals surface area contributed by atoms with Crippen LogP contribution in [0.25, 0.3) is 0 Å². The molecule has 0 bridgehead atoms. The zero-order valence-corrected chi connectivity index (χ0v) is 17.8. The van der Waals surface area contributed by atoms with E-state index >= 15 is 0 Å². The summed E-state index contributed by atoms with van der Waals surface area (Å²) < 4.78 is 21.2. The molecule has 0 atom stereocenters. The third-order valence-corrected chi connectivity index (χ3v) is 4.50. The number of methoxy groups -OCH3 is 3. The van der Waals surface area contributed by atoms with Gasteiger partial charge >= 0.3 is 0 Å². The second-order valence-electron chi connectivity index (χ2n) is 6.22. The van der Waals surface area contributed by atoms with E-state index in [0.717, 1.165) is 5.56 Å². The summed E-state index contributed by atoms with van der Waals surface area (Å²) in [5.41, 5.74) is 0.390. The number of nitro benzene ring substituents is 1. The Morgan fingerprint density at radius 3 is 2.13 bits per heavy atom. The molecule has 0 aliphatic carbocycles. The molecule has 0 N–H and O–H groups in total. The Labute approximate surface area is 175 Å². The molecule has 9 heteroatoms. The van der Waals surface area contributed by atoms with Crippen molar-refractivity contribution in [1.82, 2.24) is 4.90 Å². The highest BCUT2D eigenvalue weighted by atomic mass is 16.6. The lowest BCUT2D eigenvalue weighted by Crippen LogP contribution is -2.31. The maximum atomic E-state index is 13.2. The fraction of sp³-hybridized carbons (Fsp3) is 0.381. The van der Waals surface area contributed by atoms with E-state index in [4.69, 9.17) is 18.9 Å². The first-order valence-corrected chi connectivity index (χ1v) is 9.39. The summed E-state index contributed by atoms with van der Waals surface area (Å²) in [5, 5.41) is 11.6. The first-order valence-electron chi connectivity index (χ1n) is 9.39. The van der Waals surface area contributed by atoms with Crippen LogP contribution in [-0.2, 0) is 6.54 Å². The molecule has 0 radical (unpaired) electrons. The summed E-state index contributed by atoms with van der Waals surface area (Å²) in [5.74, 6) is 1.09. The van der Waals surface area contributed by atoms with Crippen molar-refractivity contribution in [3.63, 3.8) is 0 Å². The zero-order chi connectivity index (χ0) is 22.3. The topological polar surface area (TPSA) is 100 Å². The Bertz CT molecular complexity index is 914. The van der Waals surface area contributed by atoms with Crippen molar-refractivity contribution in [2.75, 3.05) is 34.5 Å². The van der Waals surface area contributed by atoms with E-state index < -0.39 is 10.8 Å². The summed E-state index contributed by atoms with van der Waals surface area (Å²) in [4.78, 5) is 25.7. The number of carbonyl (C=O) groups excluding carboxylic acids is 1. The zero-order valence-electron chi connectivity index (χ0n) is 17.8. The fourth-order valence-corrected chi connectivity index (χ4v) is 3.00. The summed E-state index contributed by atoms with van der Waals surface area (Å²) in [6, 6.07) is 7.89. The molecular weight excluding hydrogens is 392 g/mol. The van der Waals surface area contributed by atoms with Crippen LogP contribution in [0.2, 0.25) is 0 Å².